The molecule has 0 heterocycles. The average Bonchev–Trinajstić information content (AvgIpc) is 3.20. The number of nitrogens with one attached hydrogen (secondary N) is 1. The zero-order valence-corrected chi connectivity index (χ0v) is 13.4. The topological polar surface area (TPSA) is 21.3 Å². The molecule has 1 aromatic carbocycles. The quantitative estimate of drug-likeness (QED) is 0.803. The van der Waals surface area contributed by atoms with E-state index in [2.05, 4.69) is 49.3 Å². The monoisotopic (exact) mass is 373 g/mol. The van der Waals surface area contributed by atoms with Crippen LogP contribution in [0.2, 0.25) is 0 Å². The molecule has 18 heavy (non-hydrogen) atoms. The van der Waals surface area contributed by atoms with Crippen molar-refractivity contribution in [3.63, 3.8) is 0 Å². The van der Waals surface area contributed by atoms with Gasteiger partial charge in [0.05, 0.1) is 15.6 Å². The molecule has 0 spiro atoms. The van der Waals surface area contributed by atoms with Gasteiger partial charge in [0.15, 0.2) is 0 Å². The second-order valence-corrected chi connectivity index (χ2v) is 7.01. The molecule has 0 radical (unpaired) electrons. The molecule has 0 aromatic heterocycles. The van der Waals surface area contributed by atoms with E-state index < -0.39 is 0 Å². The lowest BCUT2D eigenvalue weighted by atomic mass is 10.2. The Balaban J connectivity index is 1.65. The Bertz CT molecular complexity index is 418. The van der Waals surface area contributed by atoms with E-state index >= 15 is 0 Å². The second-order valence-electron chi connectivity index (χ2n) is 5.30. The molecule has 1 aromatic rings. The van der Waals surface area contributed by atoms with Crippen molar-refractivity contribution in [2.75, 3.05) is 6.61 Å². The lowest BCUT2D eigenvalue weighted by molar-refractivity contribution is 0.296. The van der Waals surface area contributed by atoms with Crippen molar-refractivity contribution in [3.05, 3.63) is 26.6 Å². The van der Waals surface area contributed by atoms with Crippen LogP contribution in [-0.4, -0.2) is 12.6 Å². The van der Waals surface area contributed by atoms with Gasteiger partial charge in [0.2, 0.25) is 0 Å². The molecular weight excluding hydrogens is 358 g/mol. The number of hydrogen-bond donors (Lipinski definition) is 1. The summed E-state index contributed by atoms with van der Waals surface area (Å²) in [6.45, 7) is 1.78. The smallest absolute Gasteiger partial charge is 0.147 e. The minimum absolute atomic E-state index is 0.744. The van der Waals surface area contributed by atoms with Crippen LogP contribution in [0, 0.1) is 5.92 Å². The molecule has 0 bridgehead atoms. The van der Waals surface area contributed by atoms with Crippen LogP contribution in [-0.2, 0) is 6.54 Å². The lowest BCUT2D eigenvalue weighted by Crippen LogP contribution is -2.15. The molecule has 4 heteroatoms. The van der Waals surface area contributed by atoms with Crippen molar-refractivity contribution in [2.24, 2.45) is 5.92 Å². The van der Waals surface area contributed by atoms with Gasteiger partial charge < -0.3 is 10.1 Å². The third-order valence-electron chi connectivity index (χ3n) is 3.39. The van der Waals surface area contributed by atoms with E-state index in [1.807, 2.05) is 0 Å². The number of ether oxygens (including phenoxy) is 1. The van der Waals surface area contributed by atoms with E-state index in [1.165, 1.54) is 31.2 Å². The van der Waals surface area contributed by atoms with Gasteiger partial charge in [-0.2, -0.15) is 0 Å². The van der Waals surface area contributed by atoms with Gasteiger partial charge in [-0.15, -0.1) is 0 Å². The van der Waals surface area contributed by atoms with Gasteiger partial charge in [-0.25, -0.2) is 0 Å². The van der Waals surface area contributed by atoms with Crippen LogP contribution < -0.4 is 10.1 Å². The predicted octanol–water partition coefficient (Wildman–Crippen LogP) is 4.25. The standard InChI is InChI=1S/C14H17Br2NO/c15-12-5-10(7-17-11-3-4-11)6-13(16)14(12)18-8-9-1-2-9/h5-6,9,11,17H,1-4,7-8H2. The fraction of sp³-hybridized carbons (Fsp3) is 0.571. The molecule has 3 rings (SSSR count). The van der Waals surface area contributed by atoms with Crippen molar-refractivity contribution in [1.82, 2.24) is 5.32 Å². The van der Waals surface area contributed by atoms with Gasteiger partial charge in [-0.3, -0.25) is 0 Å². The molecule has 2 aliphatic carbocycles. The Morgan fingerprint density at radius 1 is 1.11 bits per heavy atom. The molecule has 0 saturated heterocycles. The third kappa shape index (κ3) is 3.49. The summed E-state index contributed by atoms with van der Waals surface area (Å²) in [5, 5.41) is 3.52. The lowest BCUT2D eigenvalue weighted by Gasteiger charge is -2.12. The molecule has 2 nitrogen and oxygen atoms in total. The maximum Gasteiger partial charge on any atom is 0.147 e. The second kappa shape index (κ2) is 5.51. The summed E-state index contributed by atoms with van der Waals surface area (Å²) in [6.07, 6.45) is 5.28. The van der Waals surface area contributed by atoms with Crippen LogP contribution in [0.4, 0.5) is 0 Å². The summed E-state index contributed by atoms with van der Waals surface area (Å²) in [7, 11) is 0. The number of hydrogen-bond acceptors (Lipinski definition) is 2. The van der Waals surface area contributed by atoms with E-state index in [4.69, 9.17) is 4.74 Å². The SMILES string of the molecule is Brc1cc(CNC2CC2)cc(Br)c1OCC1CC1. The van der Waals surface area contributed by atoms with Crippen molar-refractivity contribution >= 4 is 31.9 Å². The highest BCUT2D eigenvalue weighted by Crippen LogP contribution is 2.37. The van der Waals surface area contributed by atoms with Crippen LogP contribution in [0.25, 0.3) is 0 Å². The normalized spacial score (nSPS) is 19.0. The fourth-order valence-electron chi connectivity index (χ4n) is 1.89. The first-order valence-corrected chi connectivity index (χ1v) is 8.15. The summed E-state index contributed by atoms with van der Waals surface area (Å²) >= 11 is 7.22. The number of halogens is 2. The van der Waals surface area contributed by atoms with E-state index in [1.54, 1.807) is 0 Å². The molecular formula is C14H17Br2NO. The highest BCUT2D eigenvalue weighted by atomic mass is 79.9. The van der Waals surface area contributed by atoms with Crippen molar-refractivity contribution < 1.29 is 4.74 Å². The Morgan fingerprint density at radius 2 is 1.78 bits per heavy atom. The molecule has 98 valence electrons. The summed E-state index contributed by atoms with van der Waals surface area (Å²) < 4.78 is 7.96. The van der Waals surface area contributed by atoms with Crippen LogP contribution in [0.1, 0.15) is 31.2 Å². The first kappa shape index (κ1) is 12.9. The summed E-state index contributed by atoms with van der Waals surface area (Å²) in [6, 6.07) is 5.05. The van der Waals surface area contributed by atoms with Crippen LogP contribution >= 0.6 is 31.9 Å². The van der Waals surface area contributed by atoms with E-state index in [0.717, 1.165) is 39.8 Å². The first-order chi connectivity index (χ1) is 8.72. The largest absolute Gasteiger partial charge is 0.491 e. The van der Waals surface area contributed by atoms with Gasteiger partial charge in [0.1, 0.15) is 5.75 Å². The zero-order valence-electron chi connectivity index (χ0n) is 10.2. The van der Waals surface area contributed by atoms with E-state index in [-0.39, 0.29) is 0 Å². The van der Waals surface area contributed by atoms with Crippen LogP contribution in [0.15, 0.2) is 21.1 Å². The van der Waals surface area contributed by atoms with E-state index in [0.29, 0.717) is 0 Å². The predicted molar refractivity (Wildman–Crippen MR) is 79.9 cm³/mol. The van der Waals surface area contributed by atoms with Crippen LogP contribution in [0.3, 0.4) is 0 Å². The first-order valence-electron chi connectivity index (χ1n) is 6.56. The highest BCUT2D eigenvalue weighted by molar-refractivity contribution is 9.11. The minimum atomic E-state index is 0.744. The zero-order chi connectivity index (χ0) is 12.5. The minimum Gasteiger partial charge on any atom is -0.491 e. The van der Waals surface area contributed by atoms with Gasteiger partial charge in [0.25, 0.3) is 0 Å². The molecule has 0 atom stereocenters. The van der Waals surface area contributed by atoms with Gasteiger partial charge >= 0.3 is 0 Å². The van der Waals surface area contributed by atoms with E-state index in [9.17, 15) is 0 Å². The van der Waals surface area contributed by atoms with Crippen molar-refractivity contribution in [2.45, 2.75) is 38.3 Å². The van der Waals surface area contributed by atoms with Crippen molar-refractivity contribution in [1.29, 1.82) is 0 Å². The van der Waals surface area contributed by atoms with Gasteiger partial charge in [-0.05, 0) is 81.2 Å². The molecule has 2 saturated carbocycles. The fourth-order valence-corrected chi connectivity index (χ4v) is 3.40. The number of benzene rings is 1. The maximum atomic E-state index is 5.87. The number of rotatable bonds is 6. The van der Waals surface area contributed by atoms with Crippen LogP contribution in [0.5, 0.6) is 5.75 Å². The van der Waals surface area contributed by atoms with Gasteiger partial charge in [-0.1, -0.05) is 0 Å². The summed E-state index contributed by atoms with van der Waals surface area (Å²) in [4.78, 5) is 0. The summed E-state index contributed by atoms with van der Waals surface area (Å²) in [5.74, 6) is 1.72. The molecule has 0 aliphatic heterocycles. The maximum absolute atomic E-state index is 5.87. The molecule has 2 aliphatic rings. The van der Waals surface area contributed by atoms with Crippen molar-refractivity contribution in [3.8, 4) is 5.75 Å². The average molecular weight is 375 g/mol. The Morgan fingerprint density at radius 3 is 2.33 bits per heavy atom. The third-order valence-corrected chi connectivity index (χ3v) is 4.57. The molecule has 1 N–H and O–H groups in total. The molecule has 0 amide bonds. The van der Waals surface area contributed by atoms with Gasteiger partial charge in [0, 0.05) is 12.6 Å². The molecule has 0 unspecified atom stereocenters. The Kier molecular flexibility index (Phi) is 3.97. The Hall–Kier alpha value is -0.0600. The highest BCUT2D eigenvalue weighted by Gasteiger charge is 2.23. The Labute approximate surface area is 125 Å². The summed E-state index contributed by atoms with van der Waals surface area (Å²) in [5.41, 5.74) is 1.29. The molecule has 2 fully saturated rings.